The average Bonchev–Trinajstić information content (AvgIpc) is 2.26. The van der Waals surface area contributed by atoms with Crippen LogP contribution in [0.25, 0.3) is 0 Å². The summed E-state index contributed by atoms with van der Waals surface area (Å²) < 4.78 is 0.703. The smallest absolute Gasteiger partial charge is 0.136 e. The van der Waals surface area contributed by atoms with Crippen LogP contribution in [-0.2, 0) is 0 Å². The van der Waals surface area contributed by atoms with E-state index in [1.165, 1.54) is 12.8 Å². The lowest BCUT2D eigenvalue weighted by Crippen LogP contribution is -2.27. The van der Waals surface area contributed by atoms with Crippen molar-refractivity contribution in [1.82, 2.24) is 5.32 Å². The fourth-order valence-electron chi connectivity index (χ4n) is 1.99. The highest BCUT2D eigenvalue weighted by Gasteiger charge is 2.21. The first-order valence-electron chi connectivity index (χ1n) is 5.10. The number of halogens is 2. The van der Waals surface area contributed by atoms with Crippen LogP contribution >= 0.6 is 27.5 Å². The summed E-state index contributed by atoms with van der Waals surface area (Å²) in [5.74, 6) is 0.266. The summed E-state index contributed by atoms with van der Waals surface area (Å²) in [4.78, 5) is 0. The zero-order chi connectivity index (χ0) is 10.8. The second kappa shape index (κ2) is 4.73. The van der Waals surface area contributed by atoms with Gasteiger partial charge in [0.1, 0.15) is 5.75 Å². The molecule has 0 spiro atoms. The number of aromatic hydroxyl groups is 1. The van der Waals surface area contributed by atoms with E-state index in [4.69, 9.17) is 11.6 Å². The van der Waals surface area contributed by atoms with Crippen LogP contribution < -0.4 is 5.32 Å². The third-order valence-corrected chi connectivity index (χ3v) is 3.74. The van der Waals surface area contributed by atoms with Gasteiger partial charge in [-0.2, -0.15) is 0 Å². The van der Waals surface area contributed by atoms with Gasteiger partial charge in [0.15, 0.2) is 0 Å². The Morgan fingerprint density at radius 1 is 1.40 bits per heavy atom. The van der Waals surface area contributed by atoms with Crippen molar-refractivity contribution in [3.8, 4) is 5.75 Å². The number of piperidine rings is 1. The molecule has 0 saturated carbocycles. The quantitative estimate of drug-likeness (QED) is 0.828. The van der Waals surface area contributed by atoms with Gasteiger partial charge in [-0.1, -0.05) is 18.0 Å². The normalized spacial score (nSPS) is 21.6. The highest BCUT2D eigenvalue weighted by Crippen LogP contribution is 2.39. The molecule has 1 aromatic rings. The monoisotopic (exact) mass is 289 g/mol. The molecule has 0 aliphatic carbocycles. The Balaban J connectivity index is 2.36. The van der Waals surface area contributed by atoms with Crippen LogP contribution in [0, 0.1) is 0 Å². The van der Waals surface area contributed by atoms with E-state index in [-0.39, 0.29) is 11.8 Å². The molecular weight excluding hydrogens is 277 g/mol. The van der Waals surface area contributed by atoms with Crippen LogP contribution in [0.2, 0.25) is 5.02 Å². The number of hydrogen-bond donors (Lipinski definition) is 2. The lowest BCUT2D eigenvalue weighted by Gasteiger charge is -2.25. The van der Waals surface area contributed by atoms with E-state index in [0.717, 1.165) is 18.5 Å². The van der Waals surface area contributed by atoms with Gasteiger partial charge in [-0.15, -0.1) is 0 Å². The second-order valence-electron chi connectivity index (χ2n) is 3.79. The van der Waals surface area contributed by atoms with Crippen molar-refractivity contribution in [2.24, 2.45) is 0 Å². The van der Waals surface area contributed by atoms with Crippen LogP contribution in [0.4, 0.5) is 0 Å². The van der Waals surface area contributed by atoms with Crippen LogP contribution in [0.1, 0.15) is 30.9 Å². The van der Waals surface area contributed by atoms with E-state index >= 15 is 0 Å². The summed E-state index contributed by atoms with van der Waals surface area (Å²) in [6, 6.07) is 3.77. The maximum atomic E-state index is 9.96. The van der Waals surface area contributed by atoms with Crippen molar-refractivity contribution in [2.75, 3.05) is 6.54 Å². The van der Waals surface area contributed by atoms with E-state index < -0.39 is 0 Å². The van der Waals surface area contributed by atoms with Crippen LogP contribution in [0.3, 0.4) is 0 Å². The fourth-order valence-corrected chi connectivity index (χ4v) is 2.62. The van der Waals surface area contributed by atoms with Crippen molar-refractivity contribution >= 4 is 27.5 Å². The van der Waals surface area contributed by atoms with Gasteiger partial charge in [0.25, 0.3) is 0 Å². The molecule has 2 rings (SSSR count). The molecular formula is C11H13BrClNO. The van der Waals surface area contributed by atoms with Crippen molar-refractivity contribution in [2.45, 2.75) is 25.3 Å². The lowest BCUT2D eigenvalue weighted by molar-refractivity contribution is 0.390. The molecule has 1 aliphatic heterocycles. The molecule has 1 aromatic carbocycles. The summed E-state index contributed by atoms with van der Waals surface area (Å²) in [6.07, 6.45) is 3.41. The molecule has 15 heavy (non-hydrogen) atoms. The van der Waals surface area contributed by atoms with E-state index in [1.54, 1.807) is 6.07 Å². The predicted molar refractivity (Wildman–Crippen MR) is 65.4 cm³/mol. The predicted octanol–water partition coefficient (Wildman–Crippen LogP) is 3.62. The van der Waals surface area contributed by atoms with E-state index in [2.05, 4.69) is 21.2 Å². The second-order valence-corrected chi connectivity index (χ2v) is 5.06. The van der Waals surface area contributed by atoms with Crippen molar-refractivity contribution in [3.05, 3.63) is 27.2 Å². The Morgan fingerprint density at radius 2 is 2.20 bits per heavy atom. The summed E-state index contributed by atoms with van der Waals surface area (Å²) in [7, 11) is 0. The van der Waals surface area contributed by atoms with Gasteiger partial charge in [-0.25, -0.2) is 0 Å². The highest BCUT2D eigenvalue weighted by molar-refractivity contribution is 9.10. The lowest BCUT2D eigenvalue weighted by atomic mass is 9.97. The standard InChI is InChI=1S/C11H13BrClNO/c12-7-4-5-8(13)10(11(7)15)9-3-1-2-6-14-9/h4-5,9,14-15H,1-3,6H2/t9-/m1/s1. The van der Waals surface area contributed by atoms with Crippen molar-refractivity contribution in [3.63, 3.8) is 0 Å². The molecule has 1 heterocycles. The van der Waals surface area contributed by atoms with Gasteiger partial charge in [-0.05, 0) is 47.4 Å². The van der Waals surface area contributed by atoms with Gasteiger partial charge >= 0.3 is 0 Å². The van der Waals surface area contributed by atoms with E-state index in [1.807, 2.05) is 6.07 Å². The minimum absolute atomic E-state index is 0.184. The topological polar surface area (TPSA) is 32.3 Å². The van der Waals surface area contributed by atoms with Gasteiger partial charge in [-0.3, -0.25) is 0 Å². The number of phenols is 1. The first kappa shape index (κ1) is 11.2. The van der Waals surface area contributed by atoms with Crippen LogP contribution in [0.15, 0.2) is 16.6 Å². The first-order valence-corrected chi connectivity index (χ1v) is 6.27. The van der Waals surface area contributed by atoms with Gasteiger partial charge < -0.3 is 10.4 Å². The van der Waals surface area contributed by atoms with E-state index in [0.29, 0.717) is 9.50 Å². The largest absolute Gasteiger partial charge is 0.506 e. The molecule has 0 aromatic heterocycles. The molecule has 1 aliphatic rings. The Kier molecular flexibility index (Phi) is 3.54. The fraction of sp³-hybridized carbons (Fsp3) is 0.455. The van der Waals surface area contributed by atoms with Crippen LogP contribution in [-0.4, -0.2) is 11.7 Å². The molecule has 0 unspecified atom stereocenters. The zero-order valence-corrected chi connectivity index (χ0v) is 10.6. The molecule has 1 saturated heterocycles. The number of rotatable bonds is 1. The number of phenolic OH excluding ortho intramolecular Hbond substituents is 1. The molecule has 0 bridgehead atoms. The maximum absolute atomic E-state index is 9.96. The summed E-state index contributed by atoms with van der Waals surface area (Å²) in [5, 5.41) is 14.0. The third kappa shape index (κ3) is 2.30. The molecule has 82 valence electrons. The van der Waals surface area contributed by atoms with Crippen molar-refractivity contribution < 1.29 is 5.11 Å². The van der Waals surface area contributed by atoms with Crippen LogP contribution in [0.5, 0.6) is 5.75 Å². The zero-order valence-electron chi connectivity index (χ0n) is 8.26. The maximum Gasteiger partial charge on any atom is 0.136 e. The molecule has 0 radical (unpaired) electrons. The van der Waals surface area contributed by atoms with Crippen molar-refractivity contribution in [1.29, 1.82) is 0 Å². The molecule has 1 atom stereocenters. The first-order chi connectivity index (χ1) is 7.20. The molecule has 1 fully saturated rings. The minimum Gasteiger partial charge on any atom is -0.506 e. The molecule has 4 heteroatoms. The summed E-state index contributed by atoms with van der Waals surface area (Å²) in [6.45, 7) is 0.993. The number of hydrogen-bond acceptors (Lipinski definition) is 2. The third-order valence-electron chi connectivity index (χ3n) is 2.77. The molecule has 0 amide bonds. The number of nitrogens with one attached hydrogen (secondary N) is 1. The molecule has 2 nitrogen and oxygen atoms in total. The van der Waals surface area contributed by atoms with Gasteiger partial charge in [0.05, 0.1) is 4.47 Å². The Hall–Kier alpha value is -0.250. The Bertz CT molecular complexity index is 364. The minimum atomic E-state index is 0.184. The molecule has 2 N–H and O–H groups in total. The van der Waals surface area contributed by atoms with Gasteiger partial charge in [0, 0.05) is 16.6 Å². The SMILES string of the molecule is Oc1c(Br)ccc(Cl)c1[C@H]1CCCCN1. The highest BCUT2D eigenvalue weighted by atomic mass is 79.9. The van der Waals surface area contributed by atoms with E-state index in [9.17, 15) is 5.11 Å². The van der Waals surface area contributed by atoms with Gasteiger partial charge in [0.2, 0.25) is 0 Å². The Labute approximate surface area is 103 Å². The number of benzene rings is 1. The average molecular weight is 291 g/mol. The Morgan fingerprint density at radius 3 is 2.87 bits per heavy atom. The summed E-state index contributed by atoms with van der Waals surface area (Å²) in [5.41, 5.74) is 0.825. The summed E-state index contributed by atoms with van der Waals surface area (Å²) >= 11 is 9.42.